The Hall–Kier alpha value is -1.36. The highest BCUT2D eigenvalue weighted by molar-refractivity contribution is 5.92. The van der Waals surface area contributed by atoms with E-state index in [9.17, 15) is 4.79 Å². The summed E-state index contributed by atoms with van der Waals surface area (Å²) in [5, 5.41) is 8.02. The lowest BCUT2D eigenvalue weighted by Crippen LogP contribution is -2.51. The van der Waals surface area contributed by atoms with Gasteiger partial charge in [-0.2, -0.15) is 5.10 Å². The molecule has 2 fully saturated rings. The Morgan fingerprint density at radius 1 is 1.38 bits per heavy atom. The van der Waals surface area contributed by atoms with Crippen LogP contribution in [0, 0.1) is 0 Å². The second-order valence-corrected chi connectivity index (χ2v) is 7.42. The minimum atomic E-state index is -0.0762. The van der Waals surface area contributed by atoms with Crippen LogP contribution in [0.1, 0.15) is 62.6 Å². The number of rotatable bonds is 2. The van der Waals surface area contributed by atoms with Crippen LogP contribution in [0.3, 0.4) is 0 Å². The molecule has 3 rings (SSSR count). The summed E-state index contributed by atoms with van der Waals surface area (Å²) in [6, 6.07) is 2.38. The van der Waals surface area contributed by atoms with E-state index in [1.807, 2.05) is 11.0 Å². The molecule has 1 saturated carbocycles. The summed E-state index contributed by atoms with van der Waals surface area (Å²) in [4.78, 5) is 14.6. The normalized spacial score (nSPS) is 23.4. The number of amides is 1. The molecule has 116 valence electrons. The van der Waals surface area contributed by atoms with Gasteiger partial charge in [0.2, 0.25) is 0 Å². The van der Waals surface area contributed by atoms with E-state index in [1.165, 1.54) is 18.5 Å². The first kappa shape index (κ1) is 14.6. The molecule has 2 aliphatic rings. The third-order valence-corrected chi connectivity index (χ3v) is 4.24. The Morgan fingerprint density at radius 2 is 2.10 bits per heavy atom. The van der Waals surface area contributed by atoms with Gasteiger partial charge < -0.3 is 10.2 Å². The van der Waals surface area contributed by atoms with Gasteiger partial charge in [0.05, 0.1) is 5.54 Å². The Labute approximate surface area is 126 Å². The molecular formula is C16H26N4O. The van der Waals surface area contributed by atoms with Crippen molar-refractivity contribution in [2.45, 2.75) is 58.0 Å². The van der Waals surface area contributed by atoms with Crippen LogP contribution in [0.5, 0.6) is 0 Å². The Morgan fingerprint density at radius 3 is 2.67 bits per heavy atom. The van der Waals surface area contributed by atoms with Gasteiger partial charge in [0.1, 0.15) is 0 Å². The molecule has 0 spiro atoms. The van der Waals surface area contributed by atoms with Gasteiger partial charge in [-0.05, 0) is 46.6 Å². The number of hydrogen-bond donors (Lipinski definition) is 1. The van der Waals surface area contributed by atoms with Gasteiger partial charge in [-0.3, -0.25) is 9.48 Å². The van der Waals surface area contributed by atoms with E-state index in [4.69, 9.17) is 0 Å². The van der Waals surface area contributed by atoms with Crippen molar-refractivity contribution in [1.29, 1.82) is 0 Å². The largest absolute Gasteiger partial charge is 0.334 e. The van der Waals surface area contributed by atoms with Crippen LogP contribution in [-0.4, -0.2) is 46.3 Å². The van der Waals surface area contributed by atoms with Gasteiger partial charge in [0.15, 0.2) is 5.69 Å². The Balaban J connectivity index is 1.86. The molecule has 5 heteroatoms. The fraction of sp³-hybridized carbons (Fsp3) is 0.750. The van der Waals surface area contributed by atoms with Crippen molar-refractivity contribution in [2.24, 2.45) is 0 Å². The van der Waals surface area contributed by atoms with Crippen molar-refractivity contribution in [3.63, 3.8) is 0 Å². The van der Waals surface area contributed by atoms with Gasteiger partial charge in [0, 0.05) is 37.3 Å². The Bertz CT molecular complexity index is 539. The number of nitrogens with one attached hydrogen (secondary N) is 1. The van der Waals surface area contributed by atoms with Crippen LogP contribution in [0.4, 0.5) is 0 Å². The first-order chi connectivity index (χ1) is 9.86. The van der Waals surface area contributed by atoms with Gasteiger partial charge in [-0.25, -0.2) is 0 Å². The minimum Gasteiger partial charge on any atom is -0.334 e. The molecule has 1 amide bonds. The zero-order valence-electron chi connectivity index (χ0n) is 13.5. The summed E-state index contributed by atoms with van der Waals surface area (Å²) >= 11 is 0. The van der Waals surface area contributed by atoms with Gasteiger partial charge in [-0.1, -0.05) is 0 Å². The number of piperazine rings is 1. The fourth-order valence-corrected chi connectivity index (χ4v) is 2.99. The molecule has 5 nitrogen and oxygen atoms in total. The molecule has 1 unspecified atom stereocenters. The lowest BCUT2D eigenvalue weighted by molar-refractivity contribution is 0.0701. The number of aromatic nitrogens is 2. The molecule has 1 aliphatic carbocycles. The third-order valence-electron chi connectivity index (χ3n) is 4.24. The highest BCUT2D eigenvalue weighted by atomic mass is 16.2. The van der Waals surface area contributed by atoms with E-state index in [2.05, 4.69) is 42.8 Å². The lowest BCUT2D eigenvalue weighted by atomic mass is 10.1. The smallest absolute Gasteiger partial charge is 0.274 e. The van der Waals surface area contributed by atoms with Gasteiger partial charge in [0.25, 0.3) is 5.91 Å². The number of nitrogens with zero attached hydrogens (tertiary/aromatic N) is 3. The maximum Gasteiger partial charge on any atom is 0.274 e. The summed E-state index contributed by atoms with van der Waals surface area (Å²) < 4.78 is 2.06. The fourth-order valence-electron chi connectivity index (χ4n) is 2.99. The molecule has 1 aromatic rings. The van der Waals surface area contributed by atoms with E-state index in [1.54, 1.807) is 0 Å². The predicted octanol–water partition coefficient (Wildman–Crippen LogP) is 1.95. The van der Waals surface area contributed by atoms with Crippen molar-refractivity contribution < 1.29 is 4.79 Å². The molecule has 21 heavy (non-hydrogen) atoms. The molecule has 1 N–H and O–H groups in total. The van der Waals surface area contributed by atoms with Gasteiger partial charge in [-0.15, -0.1) is 0 Å². The van der Waals surface area contributed by atoms with Crippen LogP contribution in [0.15, 0.2) is 6.07 Å². The molecular weight excluding hydrogens is 264 g/mol. The van der Waals surface area contributed by atoms with Crippen LogP contribution in [0.25, 0.3) is 0 Å². The van der Waals surface area contributed by atoms with E-state index in [0.29, 0.717) is 17.7 Å². The average Bonchev–Trinajstić information content (AvgIpc) is 3.15. The average molecular weight is 290 g/mol. The second kappa shape index (κ2) is 5.13. The van der Waals surface area contributed by atoms with Crippen LogP contribution in [0.2, 0.25) is 0 Å². The first-order valence-corrected chi connectivity index (χ1v) is 7.99. The monoisotopic (exact) mass is 290 g/mol. The highest BCUT2D eigenvalue weighted by Crippen LogP contribution is 2.41. The standard InChI is InChI=1S/C16H26N4O/c1-11-10-19(8-7-17-11)15(21)13-9-14(12-5-6-12)20(18-13)16(2,3)4/h9,11-12,17H,5-8,10H2,1-4H3. The zero-order chi connectivity index (χ0) is 15.2. The number of hydrogen-bond acceptors (Lipinski definition) is 3. The SMILES string of the molecule is CC1CN(C(=O)c2cc(C3CC3)n(C(C)(C)C)n2)CCN1. The molecule has 1 aliphatic heterocycles. The molecule has 1 aromatic heterocycles. The third kappa shape index (κ3) is 2.98. The lowest BCUT2D eigenvalue weighted by Gasteiger charge is -2.31. The quantitative estimate of drug-likeness (QED) is 0.905. The molecule has 2 heterocycles. The van der Waals surface area contributed by atoms with Crippen molar-refractivity contribution >= 4 is 5.91 Å². The second-order valence-electron chi connectivity index (χ2n) is 7.42. The molecule has 1 saturated heterocycles. The van der Waals surface area contributed by atoms with E-state index >= 15 is 0 Å². The zero-order valence-corrected chi connectivity index (χ0v) is 13.5. The van der Waals surface area contributed by atoms with Crippen molar-refractivity contribution in [1.82, 2.24) is 20.0 Å². The van der Waals surface area contributed by atoms with E-state index in [0.717, 1.165) is 19.6 Å². The van der Waals surface area contributed by atoms with Crippen LogP contribution in [-0.2, 0) is 5.54 Å². The van der Waals surface area contributed by atoms with Crippen LogP contribution < -0.4 is 5.32 Å². The highest BCUT2D eigenvalue weighted by Gasteiger charge is 2.33. The van der Waals surface area contributed by atoms with Crippen LogP contribution >= 0.6 is 0 Å². The van der Waals surface area contributed by atoms with Crippen molar-refractivity contribution in [3.8, 4) is 0 Å². The van der Waals surface area contributed by atoms with E-state index < -0.39 is 0 Å². The maximum atomic E-state index is 12.7. The van der Waals surface area contributed by atoms with Crippen molar-refractivity contribution in [3.05, 3.63) is 17.5 Å². The topological polar surface area (TPSA) is 50.2 Å². The van der Waals surface area contributed by atoms with Gasteiger partial charge >= 0.3 is 0 Å². The Kier molecular flexibility index (Phi) is 3.56. The molecule has 0 bridgehead atoms. The summed E-state index contributed by atoms with van der Waals surface area (Å²) in [5.41, 5.74) is 1.77. The van der Waals surface area contributed by atoms with Crippen molar-refractivity contribution in [2.75, 3.05) is 19.6 Å². The predicted molar refractivity (Wildman–Crippen MR) is 82.6 cm³/mol. The summed E-state index contributed by atoms with van der Waals surface area (Å²) in [5.74, 6) is 0.675. The molecule has 0 aromatic carbocycles. The maximum absolute atomic E-state index is 12.7. The molecule has 0 radical (unpaired) electrons. The summed E-state index contributed by atoms with van der Waals surface area (Å²) in [6.07, 6.45) is 2.44. The molecule has 1 atom stereocenters. The number of carbonyl (C=O) groups excluding carboxylic acids is 1. The first-order valence-electron chi connectivity index (χ1n) is 7.99. The summed E-state index contributed by atoms with van der Waals surface area (Å²) in [6.45, 7) is 10.9. The minimum absolute atomic E-state index is 0.0762. The van der Waals surface area contributed by atoms with E-state index in [-0.39, 0.29) is 11.4 Å². The summed E-state index contributed by atoms with van der Waals surface area (Å²) in [7, 11) is 0. The number of carbonyl (C=O) groups is 1.